The van der Waals surface area contributed by atoms with Crippen molar-refractivity contribution in [2.75, 3.05) is 0 Å². The molecule has 0 unspecified atom stereocenters. The first-order valence-electron chi connectivity index (χ1n) is 5.30. The van der Waals surface area contributed by atoms with Gasteiger partial charge in [0.15, 0.2) is 0 Å². The van der Waals surface area contributed by atoms with Crippen LogP contribution in [0.15, 0.2) is 11.7 Å². The molecule has 0 heterocycles. The molecule has 0 aromatic heterocycles. The van der Waals surface area contributed by atoms with Crippen LogP contribution in [0.4, 0.5) is 65.9 Å². The summed E-state index contributed by atoms with van der Waals surface area (Å²) in [6.45, 7) is 0. The van der Waals surface area contributed by atoms with E-state index in [0.717, 1.165) is 0 Å². The Kier molecular flexibility index (Phi) is 5.98. The SMILES string of the molecule is O=S(=O)(O)C(F)(F)C(F)(F)C(F)=C(F)C(F)(F)C(F)(F)C(F)(F)C(F)(F)F. The minimum atomic E-state index is -8.05. The maximum atomic E-state index is 12.9. The van der Waals surface area contributed by atoms with E-state index >= 15 is 0 Å². The second kappa shape index (κ2) is 6.31. The summed E-state index contributed by atoms with van der Waals surface area (Å²) in [6.07, 6.45) is -7.59. The summed E-state index contributed by atoms with van der Waals surface area (Å²) in [7, 11) is -7.46. The van der Waals surface area contributed by atoms with Crippen LogP contribution < -0.4 is 0 Å². The molecule has 0 spiro atoms. The molecular weight excluding hydrogens is 461 g/mol. The van der Waals surface area contributed by atoms with Crippen LogP contribution in [0.25, 0.3) is 0 Å². The maximum absolute atomic E-state index is 12.9. The third kappa shape index (κ3) is 3.54. The van der Waals surface area contributed by atoms with E-state index in [1.54, 1.807) is 0 Å². The van der Waals surface area contributed by atoms with Crippen molar-refractivity contribution in [3.63, 3.8) is 0 Å². The third-order valence-corrected chi connectivity index (χ3v) is 3.48. The standard InChI is InChI=1S/C8HF15O3S/c9-1(2(10)4(13,14)8(22,23)27(24,25)26)3(11,12)5(15,16)6(17,18)7(19,20)21/h(H,24,25,26). The van der Waals surface area contributed by atoms with Gasteiger partial charge in [0.1, 0.15) is 0 Å². The quantitative estimate of drug-likeness (QED) is 0.459. The van der Waals surface area contributed by atoms with E-state index in [0.29, 0.717) is 0 Å². The van der Waals surface area contributed by atoms with E-state index in [1.807, 2.05) is 0 Å². The molecule has 0 amide bonds. The molecule has 27 heavy (non-hydrogen) atoms. The number of rotatable bonds is 6. The van der Waals surface area contributed by atoms with E-state index < -0.39 is 56.9 Å². The van der Waals surface area contributed by atoms with Crippen LogP contribution in [-0.4, -0.2) is 48.1 Å². The van der Waals surface area contributed by atoms with Gasteiger partial charge < -0.3 is 0 Å². The Morgan fingerprint density at radius 2 is 0.889 bits per heavy atom. The summed E-state index contributed by atoms with van der Waals surface area (Å²) in [6, 6.07) is 0. The minimum Gasteiger partial charge on any atom is -0.281 e. The fourth-order valence-electron chi connectivity index (χ4n) is 1.08. The van der Waals surface area contributed by atoms with E-state index in [9.17, 15) is 74.3 Å². The zero-order valence-corrected chi connectivity index (χ0v) is 12.2. The van der Waals surface area contributed by atoms with Crippen LogP contribution in [0.1, 0.15) is 0 Å². The van der Waals surface area contributed by atoms with Crippen molar-refractivity contribution in [1.29, 1.82) is 0 Å². The smallest absolute Gasteiger partial charge is 0.281 e. The van der Waals surface area contributed by atoms with E-state index in [4.69, 9.17) is 4.55 Å². The summed E-state index contributed by atoms with van der Waals surface area (Å²) in [5.41, 5.74) is 0. The molecule has 0 aliphatic heterocycles. The summed E-state index contributed by atoms with van der Waals surface area (Å²) in [5, 5.41) is -7.22. The van der Waals surface area contributed by atoms with Gasteiger partial charge in [0.2, 0.25) is 11.7 Å². The third-order valence-electron chi connectivity index (χ3n) is 2.58. The normalized spacial score (nSPS) is 17.0. The van der Waals surface area contributed by atoms with Crippen molar-refractivity contribution in [1.82, 2.24) is 0 Å². The average Bonchev–Trinajstić information content (AvgIpc) is 2.42. The number of allylic oxidation sites excluding steroid dienone is 2. The topological polar surface area (TPSA) is 54.4 Å². The Morgan fingerprint density at radius 1 is 0.593 bits per heavy atom. The lowest BCUT2D eigenvalue weighted by molar-refractivity contribution is -0.392. The molecule has 0 saturated carbocycles. The molecule has 0 bridgehead atoms. The van der Waals surface area contributed by atoms with E-state index in [2.05, 4.69) is 0 Å². The number of halogens is 15. The molecular formula is C8HF15O3S. The van der Waals surface area contributed by atoms with Gasteiger partial charge in [-0.2, -0.15) is 65.5 Å². The van der Waals surface area contributed by atoms with Gasteiger partial charge in [0.25, 0.3) is 0 Å². The predicted molar refractivity (Wildman–Crippen MR) is 51.6 cm³/mol. The highest BCUT2D eigenvalue weighted by atomic mass is 32.2. The Hall–Kier alpha value is -1.40. The Labute approximate surface area is 137 Å². The molecule has 0 radical (unpaired) electrons. The average molecular weight is 462 g/mol. The van der Waals surface area contributed by atoms with Crippen LogP contribution in [0.5, 0.6) is 0 Å². The summed E-state index contributed by atoms with van der Waals surface area (Å²) < 4.78 is 216. The molecule has 1 N–H and O–H groups in total. The van der Waals surface area contributed by atoms with Gasteiger partial charge in [-0.15, -0.1) is 0 Å². The monoisotopic (exact) mass is 462 g/mol. The summed E-state index contributed by atoms with van der Waals surface area (Å²) in [5.74, 6) is -41.7. The van der Waals surface area contributed by atoms with Gasteiger partial charge in [0, 0.05) is 0 Å². The predicted octanol–water partition coefficient (Wildman–Crippen LogP) is 4.72. The lowest BCUT2D eigenvalue weighted by Crippen LogP contribution is -2.61. The second-order valence-electron chi connectivity index (χ2n) is 4.42. The number of hydrogen-bond donors (Lipinski definition) is 1. The molecule has 0 fully saturated rings. The molecule has 0 aromatic carbocycles. The second-order valence-corrected chi connectivity index (χ2v) is 5.88. The fourth-order valence-corrected chi connectivity index (χ4v) is 1.49. The molecule has 0 aliphatic rings. The van der Waals surface area contributed by atoms with E-state index in [-0.39, 0.29) is 0 Å². The van der Waals surface area contributed by atoms with Crippen molar-refractivity contribution in [3.8, 4) is 0 Å². The van der Waals surface area contributed by atoms with Crippen molar-refractivity contribution in [2.45, 2.75) is 35.1 Å². The highest BCUT2D eigenvalue weighted by Gasteiger charge is 2.84. The first-order valence-corrected chi connectivity index (χ1v) is 6.74. The van der Waals surface area contributed by atoms with Crippen LogP contribution in [0.2, 0.25) is 0 Å². The van der Waals surface area contributed by atoms with Crippen LogP contribution >= 0.6 is 0 Å². The largest absolute Gasteiger partial charge is 0.460 e. The minimum absolute atomic E-state index is 5.16. The van der Waals surface area contributed by atoms with Gasteiger partial charge >= 0.3 is 45.2 Å². The van der Waals surface area contributed by atoms with Crippen molar-refractivity contribution in [2.24, 2.45) is 0 Å². The summed E-state index contributed by atoms with van der Waals surface area (Å²) >= 11 is 0. The molecule has 0 aliphatic carbocycles. The highest BCUT2D eigenvalue weighted by Crippen LogP contribution is 2.57. The van der Waals surface area contributed by atoms with Crippen LogP contribution in [0, 0.1) is 0 Å². The highest BCUT2D eigenvalue weighted by molar-refractivity contribution is 7.87. The Morgan fingerprint density at radius 3 is 1.15 bits per heavy atom. The van der Waals surface area contributed by atoms with Crippen molar-refractivity contribution >= 4 is 10.1 Å². The maximum Gasteiger partial charge on any atom is 0.460 e. The summed E-state index contributed by atoms with van der Waals surface area (Å²) in [4.78, 5) is 0. The van der Waals surface area contributed by atoms with E-state index in [1.165, 1.54) is 0 Å². The van der Waals surface area contributed by atoms with Gasteiger partial charge in [-0.05, 0) is 0 Å². The van der Waals surface area contributed by atoms with Gasteiger partial charge in [0.05, 0.1) is 0 Å². The lowest BCUT2D eigenvalue weighted by Gasteiger charge is -2.33. The van der Waals surface area contributed by atoms with Crippen LogP contribution in [0.3, 0.4) is 0 Å². The fraction of sp³-hybridized carbons (Fsp3) is 0.750. The molecule has 0 atom stereocenters. The lowest BCUT2D eigenvalue weighted by atomic mass is 10.0. The van der Waals surface area contributed by atoms with Gasteiger partial charge in [-0.3, -0.25) is 4.55 Å². The molecule has 0 saturated heterocycles. The Bertz CT molecular complexity index is 716. The molecule has 0 rings (SSSR count). The van der Waals surface area contributed by atoms with Crippen molar-refractivity contribution < 1.29 is 78.8 Å². The molecule has 162 valence electrons. The number of alkyl halides is 13. The molecule has 3 nitrogen and oxygen atoms in total. The molecule has 0 aromatic rings. The number of hydrogen-bond acceptors (Lipinski definition) is 2. The zero-order valence-electron chi connectivity index (χ0n) is 11.3. The van der Waals surface area contributed by atoms with Crippen LogP contribution in [-0.2, 0) is 10.1 Å². The van der Waals surface area contributed by atoms with Crippen molar-refractivity contribution in [3.05, 3.63) is 11.7 Å². The first kappa shape index (κ1) is 25.6. The molecule has 19 heteroatoms. The van der Waals surface area contributed by atoms with Gasteiger partial charge in [-0.1, -0.05) is 0 Å². The zero-order chi connectivity index (χ0) is 22.7. The first-order chi connectivity index (χ1) is 11.3. The Balaban J connectivity index is 6.70. The van der Waals surface area contributed by atoms with Gasteiger partial charge in [-0.25, -0.2) is 8.78 Å².